The Balaban J connectivity index is 2.32. The molecule has 0 aliphatic heterocycles. The van der Waals surface area contributed by atoms with Crippen LogP contribution in [-0.2, 0) is 0 Å². The number of halogens is 3. The number of thiophene rings is 1. The van der Waals surface area contributed by atoms with Gasteiger partial charge in [-0.25, -0.2) is 0 Å². The van der Waals surface area contributed by atoms with Gasteiger partial charge in [0.2, 0.25) is 0 Å². The Labute approximate surface area is 107 Å². The van der Waals surface area contributed by atoms with Crippen LogP contribution >= 0.6 is 46.1 Å². The van der Waals surface area contributed by atoms with Crippen LogP contribution in [0.4, 0.5) is 0 Å². The maximum atomic E-state index is 6.31. The maximum absolute atomic E-state index is 6.31. The molecule has 78 valence electrons. The Bertz CT molecular complexity index is 447. The first-order chi connectivity index (χ1) is 7.18. The zero-order valence-corrected chi connectivity index (χ0v) is 10.7. The van der Waals surface area contributed by atoms with Crippen molar-refractivity contribution in [2.45, 2.75) is 5.38 Å². The lowest BCUT2D eigenvalue weighted by Crippen LogP contribution is -1.89. The molecule has 0 fully saturated rings. The summed E-state index contributed by atoms with van der Waals surface area (Å²) in [5.74, 6) is 0. The van der Waals surface area contributed by atoms with Crippen LogP contribution in [0.1, 0.15) is 15.8 Å². The highest BCUT2D eigenvalue weighted by molar-refractivity contribution is 7.11. The van der Waals surface area contributed by atoms with Crippen molar-refractivity contribution in [3.8, 4) is 0 Å². The summed E-state index contributed by atoms with van der Waals surface area (Å²) >= 11 is 19.7. The first kappa shape index (κ1) is 11.3. The minimum Gasteiger partial charge on any atom is -0.145 e. The van der Waals surface area contributed by atoms with E-state index in [0.717, 1.165) is 15.5 Å². The molecule has 0 aliphatic carbocycles. The van der Waals surface area contributed by atoms with E-state index in [-0.39, 0.29) is 5.38 Å². The van der Waals surface area contributed by atoms with Gasteiger partial charge in [-0.2, -0.15) is 0 Å². The van der Waals surface area contributed by atoms with Gasteiger partial charge >= 0.3 is 0 Å². The van der Waals surface area contributed by atoms with E-state index in [2.05, 4.69) is 0 Å². The molecule has 0 saturated carbocycles. The van der Waals surface area contributed by atoms with E-state index in [1.54, 1.807) is 11.3 Å². The van der Waals surface area contributed by atoms with Crippen LogP contribution in [0.3, 0.4) is 0 Å². The van der Waals surface area contributed by atoms with Gasteiger partial charge in [-0.15, -0.1) is 22.9 Å². The van der Waals surface area contributed by atoms with Gasteiger partial charge in [0.25, 0.3) is 0 Å². The molecule has 1 heterocycles. The lowest BCUT2D eigenvalue weighted by Gasteiger charge is -2.08. The molecule has 0 spiro atoms. The molecule has 1 atom stereocenters. The minimum absolute atomic E-state index is 0.199. The van der Waals surface area contributed by atoms with E-state index in [0.29, 0.717) is 5.02 Å². The molecule has 2 rings (SSSR count). The van der Waals surface area contributed by atoms with E-state index < -0.39 is 0 Å². The van der Waals surface area contributed by atoms with E-state index >= 15 is 0 Å². The number of benzene rings is 1. The van der Waals surface area contributed by atoms with Crippen LogP contribution in [-0.4, -0.2) is 0 Å². The number of hydrogen-bond acceptors (Lipinski definition) is 1. The van der Waals surface area contributed by atoms with Crippen molar-refractivity contribution in [1.82, 2.24) is 0 Å². The Morgan fingerprint density at radius 2 is 1.67 bits per heavy atom. The van der Waals surface area contributed by atoms with Gasteiger partial charge < -0.3 is 0 Å². The van der Waals surface area contributed by atoms with Gasteiger partial charge in [-0.3, -0.25) is 0 Å². The fraction of sp³-hybridized carbons (Fsp3) is 0.0909. The lowest BCUT2D eigenvalue weighted by atomic mass is 10.1. The lowest BCUT2D eigenvalue weighted by molar-refractivity contribution is 1.18. The summed E-state index contributed by atoms with van der Waals surface area (Å²) in [6.45, 7) is 0. The summed E-state index contributed by atoms with van der Waals surface area (Å²) in [7, 11) is 0. The van der Waals surface area contributed by atoms with Gasteiger partial charge in [-0.1, -0.05) is 35.3 Å². The van der Waals surface area contributed by atoms with Crippen molar-refractivity contribution in [1.29, 1.82) is 0 Å². The van der Waals surface area contributed by atoms with Crippen LogP contribution in [0.2, 0.25) is 10.0 Å². The van der Waals surface area contributed by atoms with Crippen LogP contribution in [0.25, 0.3) is 0 Å². The van der Waals surface area contributed by atoms with Crippen LogP contribution < -0.4 is 0 Å². The summed E-state index contributed by atoms with van der Waals surface area (Å²) in [5, 5.41) is 3.16. The Kier molecular flexibility index (Phi) is 3.57. The number of rotatable bonds is 2. The van der Waals surface area contributed by atoms with Crippen LogP contribution in [0.15, 0.2) is 35.7 Å². The van der Waals surface area contributed by atoms with Crippen molar-refractivity contribution in [2.75, 3.05) is 0 Å². The van der Waals surface area contributed by atoms with E-state index in [9.17, 15) is 0 Å². The molecule has 0 saturated heterocycles. The third-order valence-electron chi connectivity index (χ3n) is 2.04. The molecule has 0 radical (unpaired) electrons. The first-order valence-electron chi connectivity index (χ1n) is 4.31. The van der Waals surface area contributed by atoms with Gasteiger partial charge in [0, 0.05) is 9.90 Å². The molecule has 1 unspecified atom stereocenters. The van der Waals surface area contributed by atoms with Crippen molar-refractivity contribution in [2.24, 2.45) is 0 Å². The molecule has 0 nitrogen and oxygen atoms in total. The van der Waals surface area contributed by atoms with Crippen molar-refractivity contribution < 1.29 is 0 Å². The second-order valence-electron chi connectivity index (χ2n) is 3.05. The zero-order valence-electron chi connectivity index (χ0n) is 7.58. The monoisotopic (exact) mass is 276 g/mol. The van der Waals surface area contributed by atoms with Gasteiger partial charge in [0.15, 0.2) is 0 Å². The maximum Gasteiger partial charge on any atom is 0.0942 e. The summed E-state index contributed by atoms with van der Waals surface area (Å²) in [5.41, 5.74) is 1.01. The van der Waals surface area contributed by atoms with E-state index in [1.807, 2.05) is 35.7 Å². The van der Waals surface area contributed by atoms with Crippen molar-refractivity contribution >= 4 is 46.1 Å². The van der Waals surface area contributed by atoms with E-state index in [4.69, 9.17) is 34.8 Å². The van der Waals surface area contributed by atoms with Gasteiger partial charge in [0.1, 0.15) is 0 Å². The highest BCUT2D eigenvalue weighted by Gasteiger charge is 2.15. The third kappa shape index (κ3) is 2.48. The predicted octanol–water partition coefficient (Wildman–Crippen LogP) is 5.38. The SMILES string of the molecule is Clc1ccc(C(Cl)c2sccc2Cl)cc1. The molecule has 0 amide bonds. The summed E-state index contributed by atoms with van der Waals surface area (Å²) in [6.07, 6.45) is 0. The van der Waals surface area contributed by atoms with Crippen LogP contribution in [0.5, 0.6) is 0 Å². The minimum atomic E-state index is -0.199. The normalized spacial score (nSPS) is 12.7. The zero-order chi connectivity index (χ0) is 10.8. The molecule has 15 heavy (non-hydrogen) atoms. The average Bonchev–Trinajstić information content (AvgIpc) is 2.65. The molecular formula is C11H7Cl3S. The highest BCUT2D eigenvalue weighted by Crippen LogP contribution is 2.37. The molecule has 0 bridgehead atoms. The predicted molar refractivity (Wildman–Crippen MR) is 68.5 cm³/mol. The summed E-state index contributed by atoms with van der Waals surface area (Å²) in [4.78, 5) is 0.973. The third-order valence-corrected chi connectivity index (χ3v) is 4.31. The number of hydrogen-bond donors (Lipinski definition) is 0. The molecule has 0 N–H and O–H groups in total. The second kappa shape index (κ2) is 4.75. The molecule has 0 aliphatic rings. The standard InChI is InChI=1S/C11H7Cl3S/c12-8-3-1-7(2-4-8)10(14)11-9(13)5-6-15-11/h1-6,10H. The topological polar surface area (TPSA) is 0 Å². The van der Waals surface area contributed by atoms with Crippen LogP contribution in [0, 0.1) is 0 Å². The van der Waals surface area contributed by atoms with Crippen molar-refractivity contribution in [3.63, 3.8) is 0 Å². The molecule has 1 aromatic heterocycles. The first-order valence-corrected chi connectivity index (χ1v) is 6.38. The summed E-state index contributed by atoms with van der Waals surface area (Å²) < 4.78 is 0. The Hall–Kier alpha value is -0.210. The fourth-order valence-corrected chi connectivity index (χ4v) is 3.04. The second-order valence-corrected chi connectivity index (χ2v) is 5.27. The molecule has 2 aromatic rings. The Morgan fingerprint density at radius 1 is 1.00 bits per heavy atom. The van der Waals surface area contributed by atoms with Crippen molar-refractivity contribution in [3.05, 3.63) is 56.2 Å². The molecule has 1 aromatic carbocycles. The number of alkyl halides is 1. The summed E-state index contributed by atoms with van der Waals surface area (Å²) in [6, 6.07) is 9.33. The Morgan fingerprint density at radius 3 is 2.20 bits per heavy atom. The molecular weight excluding hydrogens is 271 g/mol. The van der Waals surface area contributed by atoms with E-state index in [1.165, 1.54) is 0 Å². The largest absolute Gasteiger partial charge is 0.145 e. The quantitative estimate of drug-likeness (QED) is 0.646. The average molecular weight is 278 g/mol. The van der Waals surface area contributed by atoms with Gasteiger partial charge in [-0.05, 0) is 29.1 Å². The van der Waals surface area contributed by atoms with Gasteiger partial charge in [0.05, 0.1) is 10.4 Å². The smallest absolute Gasteiger partial charge is 0.0942 e. The fourth-order valence-electron chi connectivity index (χ4n) is 1.27. The molecule has 4 heteroatoms. The highest BCUT2D eigenvalue weighted by atomic mass is 35.5.